The summed E-state index contributed by atoms with van der Waals surface area (Å²) < 4.78 is 0. The van der Waals surface area contributed by atoms with Crippen molar-refractivity contribution < 1.29 is 4.79 Å². The molecule has 1 amide bonds. The van der Waals surface area contributed by atoms with Crippen molar-refractivity contribution in [1.82, 2.24) is 15.3 Å². The first-order valence-corrected chi connectivity index (χ1v) is 6.89. The number of carbonyl (C=O) groups is 1. The second-order valence-corrected chi connectivity index (χ2v) is 5.76. The average Bonchev–Trinajstić information content (AvgIpc) is 2.36. The van der Waals surface area contributed by atoms with Crippen molar-refractivity contribution in [3.8, 4) is 0 Å². The summed E-state index contributed by atoms with van der Waals surface area (Å²) in [5, 5.41) is 9.04. The summed E-state index contributed by atoms with van der Waals surface area (Å²) in [6.07, 6.45) is 0.743. The van der Waals surface area contributed by atoms with E-state index >= 15 is 0 Å². The van der Waals surface area contributed by atoms with Crippen LogP contribution in [0.2, 0.25) is 0 Å². The fourth-order valence-corrected chi connectivity index (χ4v) is 1.62. The van der Waals surface area contributed by atoms with Gasteiger partial charge in [0.25, 0.3) is 0 Å². The Hall–Kier alpha value is -1.85. The molecule has 0 saturated carbocycles. The quantitative estimate of drug-likeness (QED) is 0.766. The van der Waals surface area contributed by atoms with E-state index in [2.05, 4.69) is 25.9 Å². The molecule has 0 aliphatic carbocycles. The largest absolute Gasteiger partial charge is 0.373 e. The molecule has 6 nitrogen and oxygen atoms in total. The van der Waals surface area contributed by atoms with Crippen molar-refractivity contribution in [1.29, 1.82) is 0 Å². The summed E-state index contributed by atoms with van der Waals surface area (Å²) in [5.74, 6) is 2.07. The van der Waals surface area contributed by atoms with Gasteiger partial charge in [0, 0.05) is 25.1 Å². The van der Waals surface area contributed by atoms with E-state index in [4.69, 9.17) is 0 Å². The first-order chi connectivity index (χ1) is 9.25. The lowest BCUT2D eigenvalue weighted by Crippen LogP contribution is -2.47. The molecule has 0 aliphatic heterocycles. The molecule has 1 aromatic heterocycles. The van der Waals surface area contributed by atoms with Crippen molar-refractivity contribution >= 4 is 17.5 Å². The van der Waals surface area contributed by atoms with Crippen molar-refractivity contribution in [2.75, 3.05) is 17.7 Å². The van der Waals surface area contributed by atoms with E-state index in [1.807, 2.05) is 34.6 Å². The first kappa shape index (κ1) is 16.2. The molecule has 0 aliphatic rings. The summed E-state index contributed by atoms with van der Waals surface area (Å²) in [6.45, 7) is 9.67. The molecule has 1 unspecified atom stereocenters. The third-order valence-electron chi connectivity index (χ3n) is 2.60. The van der Waals surface area contributed by atoms with Gasteiger partial charge in [-0.3, -0.25) is 4.79 Å². The van der Waals surface area contributed by atoms with Crippen LogP contribution in [0.4, 0.5) is 11.6 Å². The van der Waals surface area contributed by atoms with Crippen LogP contribution in [-0.4, -0.2) is 34.5 Å². The van der Waals surface area contributed by atoms with E-state index in [1.54, 1.807) is 13.1 Å². The molecule has 0 spiro atoms. The highest BCUT2D eigenvalue weighted by molar-refractivity contribution is 5.84. The predicted octanol–water partition coefficient (Wildman–Crippen LogP) is 1.80. The number of aromatic nitrogens is 2. The number of nitrogens with zero attached hydrogens (tertiary/aromatic N) is 2. The molecule has 1 heterocycles. The molecule has 112 valence electrons. The highest BCUT2D eigenvalue weighted by Crippen LogP contribution is 2.12. The van der Waals surface area contributed by atoms with Gasteiger partial charge in [0.1, 0.15) is 23.5 Å². The summed E-state index contributed by atoms with van der Waals surface area (Å²) in [4.78, 5) is 20.7. The SMILES string of the molecule is CCc1nc(NC)cc(NC(C)C(=O)NC(C)(C)C)n1. The Bertz CT molecular complexity index is 445. The summed E-state index contributed by atoms with van der Waals surface area (Å²) in [5.41, 5.74) is -0.247. The van der Waals surface area contributed by atoms with Gasteiger partial charge in [-0.2, -0.15) is 0 Å². The van der Waals surface area contributed by atoms with Crippen LogP contribution in [0.15, 0.2) is 6.07 Å². The Kier molecular flexibility index (Phi) is 5.30. The number of amides is 1. The van der Waals surface area contributed by atoms with Crippen molar-refractivity contribution in [2.45, 2.75) is 52.6 Å². The molecule has 1 rings (SSSR count). The lowest BCUT2D eigenvalue weighted by atomic mass is 10.1. The number of aryl methyl sites for hydroxylation is 1. The number of anilines is 2. The van der Waals surface area contributed by atoms with Crippen LogP contribution in [0.5, 0.6) is 0 Å². The Morgan fingerprint density at radius 3 is 2.40 bits per heavy atom. The van der Waals surface area contributed by atoms with Gasteiger partial charge < -0.3 is 16.0 Å². The zero-order chi connectivity index (χ0) is 15.3. The first-order valence-electron chi connectivity index (χ1n) is 6.89. The number of hydrogen-bond acceptors (Lipinski definition) is 5. The van der Waals surface area contributed by atoms with Crippen LogP contribution >= 0.6 is 0 Å². The van der Waals surface area contributed by atoms with Crippen LogP contribution < -0.4 is 16.0 Å². The molecule has 3 N–H and O–H groups in total. The second kappa shape index (κ2) is 6.54. The predicted molar refractivity (Wildman–Crippen MR) is 81.9 cm³/mol. The molecular weight excluding hydrogens is 254 g/mol. The van der Waals surface area contributed by atoms with E-state index in [0.29, 0.717) is 5.82 Å². The minimum atomic E-state index is -0.362. The molecule has 0 bridgehead atoms. The van der Waals surface area contributed by atoms with Crippen molar-refractivity contribution in [3.05, 3.63) is 11.9 Å². The van der Waals surface area contributed by atoms with E-state index in [9.17, 15) is 4.79 Å². The second-order valence-electron chi connectivity index (χ2n) is 5.76. The highest BCUT2D eigenvalue weighted by Gasteiger charge is 2.19. The van der Waals surface area contributed by atoms with Crippen LogP contribution in [0.3, 0.4) is 0 Å². The fraction of sp³-hybridized carbons (Fsp3) is 0.643. The van der Waals surface area contributed by atoms with Gasteiger partial charge in [-0.25, -0.2) is 9.97 Å². The lowest BCUT2D eigenvalue weighted by molar-refractivity contribution is -0.122. The van der Waals surface area contributed by atoms with Gasteiger partial charge in [0.05, 0.1) is 0 Å². The number of rotatable bonds is 5. The fourth-order valence-electron chi connectivity index (χ4n) is 1.62. The van der Waals surface area contributed by atoms with Crippen molar-refractivity contribution in [2.24, 2.45) is 0 Å². The van der Waals surface area contributed by atoms with E-state index in [0.717, 1.165) is 18.1 Å². The maximum Gasteiger partial charge on any atom is 0.242 e. The van der Waals surface area contributed by atoms with E-state index in [-0.39, 0.29) is 17.5 Å². The average molecular weight is 279 g/mol. The van der Waals surface area contributed by atoms with Gasteiger partial charge >= 0.3 is 0 Å². The smallest absolute Gasteiger partial charge is 0.242 e. The molecule has 0 radical (unpaired) electrons. The minimum absolute atomic E-state index is 0.0554. The number of carbonyl (C=O) groups excluding carboxylic acids is 1. The number of hydrogen-bond donors (Lipinski definition) is 3. The third kappa shape index (κ3) is 5.03. The summed E-state index contributed by atoms with van der Waals surface area (Å²) in [6, 6.07) is 1.43. The van der Waals surface area contributed by atoms with E-state index < -0.39 is 0 Å². The Labute approximate surface area is 120 Å². The third-order valence-corrected chi connectivity index (χ3v) is 2.60. The zero-order valence-electron chi connectivity index (χ0n) is 13.2. The molecule has 1 aromatic rings. The monoisotopic (exact) mass is 279 g/mol. The summed E-state index contributed by atoms with van der Waals surface area (Å²) >= 11 is 0. The topological polar surface area (TPSA) is 78.9 Å². The van der Waals surface area contributed by atoms with Crippen LogP contribution in [0.25, 0.3) is 0 Å². The Balaban J connectivity index is 2.79. The highest BCUT2D eigenvalue weighted by atomic mass is 16.2. The number of nitrogens with one attached hydrogen (secondary N) is 3. The molecule has 1 atom stereocenters. The molecule has 0 fully saturated rings. The summed E-state index contributed by atoms with van der Waals surface area (Å²) in [7, 11) is 1.81. The molecule has 0 aromatic carbocycles. The van der Waals surface area contributed by atoms with Crippen LogP contribution in [0, 0.1) is 0 Å². The van der Waals surface area contributed by atoms with Crippen LogP contribution in [0.1, 0.15) is 40.4 Å². The molecule has 6 heteroatoms. The Morgan fingerprint density at radius 2 is 1.90 bits per heavy atom. The maximum absolute atomic E-state index is 12.0. The lowest BCUT2D eigenvalue weighted by Gasteiger charge is -2.24. The molecular formula is C14H25N5O. The van der Waals surface area contributed by atoms with Crippen LogP contribution in [-0.2, 0) is 11.2 Å². The van der Waals surface area contributed by atoms with Gasteiger partial charge in [0.2, 0.25) is 5.91 Å². The normalized spacial score (nSPS) is 12.7. The van der Waals surface area contributed by atoms with Gasteiger partial charge in [0.15, 0.2) is 0 Å². The molecule has 20 heavy (non-hydrogen) atoms. The van der Waals surface area contributed by atoms with Gasteiger partial charge in [-0.05, 0) is 27.7 Å². The Morgan fingerprint density at radius 1 is 1.30 bits per heavy atom. The van der Waals surface area contributed by atoms with E-state index in [1.165, 1.54) is 0 Å². The van der Waals surface area contributed by atoms with Gasteiger partial charge in [-0.1, -0.05) is 6.92 Å². The standard InChI is InChI=1S/C14H25N5O/c1-7-10-17-11(15-6)8-12(18-10)16-9(2)13(20)19-14(3,4)5/h8-9H,7H2,1-6H3,(H,19,20)(H2,15,16,17,18). The zero-order valence-corrected chi connectivity index (χ0v) is 13.2. The van der Waals surface area contributed by atoms with Crippen molar-refractivity contribution in [3.63, 3.8) is 0 Å². The van der Waals surface area contributed by atoms with Gasteiger partial charge in [-0.15, -0.1) is 0 Å². The maximum atomic E-state index is 12.0. The molecule has 0 saturated heterocycles. The minimum Gasteiger partial charge on any atom is -0.373 e.